The van der Waals surface area contributed by atoms with Crippen LogP contribution in [0, 0.1) is 0 Å². The van der Waals surface area contributed by atoms with Crippen molar-refractivity contribution in [3.05, 3.63) is 34.3 Å². The zero-order valence-corrected chi connectivity index (χ0v) is 11.7. The smallest absolute Gasteiger partial charge is 0.183 e. The van der Waals surface area contributed by atoms with Crippen LogP contribution in [-0.4, -0.2) is 36.9 Å². The molecule has 0 spiro atoms. The van der Waals surface area contributed by atoms with Crippen molar-refractivity contribution in [3.63, 3.8) is 0 Å². The Hall–Kier alpha value is -0.720. The molecule has 0 heterocycles. The molecule has 1 aromatic carbocycles. The van der Waals surface area contributed by atoms with Gasteiger partial charge in [0.25, 0.3) is 0 Å². The molecule has 1 N–H and O–H groups in total. The van der Waals surface area contributed by atoms with Crippen molar-refractivity contribution in [2.24, 2.45) is 0 Å². The molecule has 0 saturated heterocycles. The van der Waals surface area contributed by atoms with Gasteiger partial charge in [-0.05, 0) is 12.1 Å². The molecular weight excluding hydrogens is 308 g/mol. The van der Waals surface area contributed by atoms with E-state index in [0.717, 1.165) is 4.47 Å². The average Bonchev–Trinajstić information content (AvgIpc) is 2.30. The molecule has 6 heteroatoms. The zero-order valence-electron chi connectivity index (χ0n) is 9.26. The summed E-state index contributed by atoms with van der Waals surface area (Å²) in [5, 5.41) is 7.70. The molecule has 1 rings (SSSR count). The normalized spacial score (nSPS) is 13.4. The van der Waals surface area contributed by atoms with Crippen LogP contribution in [0.25, 0.3) is 0 Å². The fraction of sp³-hybridized carbons (Fsp3) is 0.364. The van der Waals surface area contributed by atoms with Crippen molar-refractivity contribution in [3.8, 4) is 0 Å². The highest BCUT2D eigenvalue weighted by Crippen LogP contribution is 2.15. The molecule has 0 radical (unpaired) electrons. The summed E-state index contributed by atoms with van der Waals surface area (Å²) in [7, 11) is -3.58. The fourth-order valence-electron chi connectivity index (χ4n) is 1.36. The highest BCUT2D eigenvalue weighted by molar-refractivity contribution is 9.10. The van der Waals surface area contributed by atoms with Crippen LogP contribution < -0.4 is 0 Å². The van der Waals surface area contributed by atoms with E-state index in [2.05, 4.69) is 15.9 Å². The number of ketones is 1. The van der Waals surface area contributed by atoms with E-state index in [4.69, 9.17) is 5.11 Å². The Morgan fingerprint density at radius 3 is 2.29 bits per heavy atom. The third-order valence-corrected chi connectivity index (χ3v) is 4.99. The first kappa shape index (κ1) is 14.3. The first-order valence-electron chi connectivity index (χ1n) is 5.04. The van der Waals surface area contributed by atoms with Gasteiger partial charge < -0.3 is 5.11 Å². The molecule has 1 atom stereocenters. The summed E-state index contributed by atoms with van der Waals surface area (Å²) in [4.78, 5) is 11.9. The summed E-state index contributed by atoms with van der Waals surface area (Å²) in [6.45, 7) is 0.762. The summed E-state index contributed by atoms with van der Waals surface area (Å²) >= 11 is 3.22. The van der Waals surface area contributed by atoms with Gasteiger partial charge in [0, 0.05) is 15.8 Å². The maximum atomic E-state index is 11.9. The number of halogens is 1. The van der Waals surface area contributed by atoms with Crippen LogP contribution in [0.3, 0.4) is 0 Å². The second-order valence-electron chi connectivity index (χ2n) is 3.49. The molecule has 94 valence electrons. The van der Waals surface area contributed by atoms with Crippen molar-refractivity contribution >= 4 is 31.6 Å². The number of sulfone groups is 1. The maximum absolute atomic E-state index is 11.9. The number of Topliss-reactive ketones (excluding diaryl/α,β-unsaturated/α-hetero) is 1. The number of hydrogen-bond acceptors (Lipinski definition) is 4. The monoisotopic (exact) mass is 320 g/mol. The largest absolute Gasteiger partial charge is 0.395 e. The summed E-state index contributed by atoms with van der Waals surface area (Å²) in [5.41, 5.74) is 0.282. The lowest BCUT2D eigenvalue weighted by Crippen LogP contribution is -2.35. The van der Waals surface area contributed by atoms with Gasteiger partial charge in [0.05, 0.1) is 6.61 Å². The van der Waals surface area contributed by atoms with E-state index >= 15 is 0 Å². The first-order chi connectivity index (χ1) is 7.92. The zero-order chi connectivity index (χ0) is 13.1. The summed E-state index contributed by atoms with van der Waals surface area (Å²) in [6.07, 6.45) is 0. The third-order valence-electron chi connectivity index (χ3n) is 2.42. The van der Waals surface area contributed by atoms with Crippen LogP contribution in [0.15, 0.2) is 28.7 Å². The third kappa shape index (κ3) is 3.37. The lowest BCUT2D eigenvalue weighted by Gasteiger charge is -2.12. The second kappa shape index (κ2) is 5.75. The second-order valence-corrected chi connectivity index (χ2v) is 6.88. The Morgan fingerprint density at radius 2 is 1.88 bits per heavy atom. The van der Waals surface area contributed by atoms with E-state index < -0.39 is 27.5 Å². The van der Waals surface area contributed by atoms with Gasteiger partial charge in [-0.25, -0.2) is 8.42 Å². The molecule has 0 unspecified atom stereocenters. The van der Waals surface area contributed by atoms with Gasteiger partial charge in [0.2, 0.25) is 0 Å². The van der Waals surface area contributed by atoms with Gasteiger partial charge in [-0.15, -0.1) is 0 Å². The number of carbonyl (C=O) groups excluding carboxylic acids is 1. The summed E-state index contributed by atoms with van der Waals surface area (Å²) < 4.78 is 24.0. The van der Waals surface area contributed by atoms with E-state index in [1.165, 1.54) is 19.1 Å². The Bertz CT molecular complexity index is 493. The van der Waals surface area contributed by atoms with Crippen LogP contribution in [0.2, 0.25) is 0 Å². The van der Waals surface area contributed by atoms with Crippen molar-refractivity contribution < 1.29 is 18.3 Å². The molecule has 0 amide bonds. The van der Waals surface area contributed by atoms with E-state index in [0.29, 0.717) is 0 Å². The molecule has 17 heavy (non-hydrogen) atoms. The maximum Gasteiger partial charge on any atom is 0.183 e. The number of carbonyl (C=O) groups is 1. The molecule has 0 saturated carbocycles. The van der Waals surface area contributed by atoms with E-state index in [1.807, 2.05) is 0 Å². The fourth-order valence-corrected chi connectivity index (χ4v) is 2.72. The molecule has 0 aliphatic carbocycles. The standard InChI is InChI=1S/C11H13BrO4S/c1-2-17(15,16)10(7-13)11(14)8-3-5-9(12)6-4-8/h3-6,10,13H,2,7H2,1H3/t10-/m0/s1. The molecule has 4 nitrogen and oxygen atoms in total. The molecule has 0 fully saturated rings. The molecule has 0 bridgehead atoms. The van der Waals surface area contributed by atoms with Crippen molar-refractivity contribution in [2.75, 3.05) is 12.4 Å². The average molecular weight is 321 g/mol. The van der Waals surface area contributed by atoms with E-state index in [9.17, 15) is 13.2 Å². The quantitative estimate of drug-likeness (QED) is 0.833. The minimum atomic E-state index is -3.58. The Kier molecular flexibility index (Phi) is 4.85. The van der Waals surface area contributed by atoms with Crippen LogP contribution in [0.4, 0.5) is 0 Å². The predicted molar refractivity (Wildman–Crippen MR) is 68.8 cm³/mol. The van der Waals surface area contributed by atoms with Crippen molar-refractivity contribution in [1.82, 2.24) is 0 Å². The van der Waals surface area contributed by atoms with Crippen LogP contribution in [-0.2, 0) is 9.84 Å². The molecule has 0 aliphatic rings. The minimum Gasteiger partial charge on any atom is -0.395 e. The van der Waals surface area contributed by atoms with Gasteiger partial charge >= 0.3 is 0 Å². The molecule has 0 aromatic heterocycles. The summed E-state index contributed by atoms with van der Waals surface area (Å²) in [6, 6.07) is 6.36. The first-order valence-corrected chi connectivity index (χ1v) is 7.55. The number of aliphatic hydroxyl groups excluding tert-OH is 1. The van der Waals surface area contributed by atoms with Gasteiger partial charge in [-0.1, -0.05) is 35.0 Å². The Morgan fingerprint density at radius 1 is 1.35 bits per heavy atom. The number of benzene rings is 1. The van der Waals surface area contributed by atoms with Gasteiger partial charge in [-0.2, -0.15) is 0 Å². The van der Waals surface area contributed by atoms with Crippen LogP contribution in [0.1, 0.15) is 17.3 Å². The van der Waals surface area contributed by atoms with Crippen molar-refractivity contribution in [2.45, 2.75) is 12.2 Å². The predicted octanol–water partition coefficient (Wildman–Crippen LogP) is 1.43. The Labute approximate surface area is 109 Å². The van der Waals surface area contributed by atoms with E-state index in [-0.39, 0.29) is 11.3 Å². The van der Waals surface area contributed by atoms with Gasteiger partial charge in [0.1, 0.15) is 5.25 Å². The summed E-state index contributed by atoms with van der Waals surface area (Å²) in [5.74, 6) is -0.734. The SMILES string of the molecule is CCS(=O)(=O)[C@@H](CO)C(=O)c1ccc(Br)cc1. The lowest BCUT2D eigenvalue weighted by atomic mass is 10.1. The van der Waals surface area contributed by atoms with Crippen LogP contribution >= 0.6 is 15.9 Å². The number of hydrogen-bond donors (Lipinski definition) is 1. The number of rotatable bonds is 5. The number of aliphatic hydroxyl groups is 1. The van der Waals surface area contributed by atoms with E-state index in [1.54, 1.807) is 12.1 Å². The molecule has 0 aliphatic heterocycles. The minimum absolute atomic E-state index is 0.166. The van der Waals surface area contributed by atoms with Gasteiger partial charge in [0.15, 0.2) is 15.6 Å². The topological polar surface area (TPSA) is 71.4 Å². The molecular formula is C11H13BrO4S. The Balaban J connectivity index is 3.07. The van der Waals surface area contributed by atoms with Gasteiger partial charge in [-0.3, -0.25) is 4.79 Å². The highest BCUT2D eigenvalue weighted by Gasteiger charge is 2.30. The van der Waals surface area contributed by atoms with Crippen molar-refractivity contribution in [1.29, 1.82) is 0 Å². The highest BCUT2D eigenvalue weighted by atomic mass is 79.9. The molecule has 1 aromatic rings. The lowest BCUT2D eigenvalue weighted by molar-refractivity contribution is 0.0961. The van der Waals surface area contributed by atoms with Crippen LogP contribution in [0.5, 0.6) is 0 Å².